The summed E-state index contributed by atoms with van der Waals surface area (Å²) in [6.45, 7) is 3.61. The fourth-order valence-electron chi connectivity index (χ4n) is 1.36. The van der Waals surface area contributed by atoms with Crippen LogP contribution in [0.1, 0.15) is 6.92 Å². The van der Waals surface area contributed by atoms with Crippen LogP contribution in [-0.2, 0) is 4.74 Å². The van der Waals surface area contributed by atoms with Crippen LogP contribution in [-0.4, -0.2) is 49.3 Å². The van der Waals surface area contributed by atoms with Crippen LogP contribution in [0.15, 0.2) is 12.3 Å². The lowest BCUT2D eigenvalue weighted by Crippen LogP contribution is -2.29. The van der Waals surface area contributed by atoms with Crippen molar-refractivity contribution in [2.75, 3.05) is 38.8 Å². The van der Waals surface area contributed by atoms with Crippen molar-refractivity contribution >= 4 is 17.5 Å². The van der Waals surface area contributed by atoms with Crippen molar-refractivity contribution in [2.24, 2.45) is 0 Å². The third-order valence-corrected chi connectivity index (χ3v) is 2.33. The van der Waals surface area contributed by atoms with Crippen LogP contribution in [0, 0.1) is 0 Å². The van der Waals surface area contributed by atoms with Gasteiger partial charge in [0.25, 0.3) is 0 Å². The highest BCUT2D eigenvalue weighted by Gasteiger charge is 2.11. The summed E-state index contributed by atoms with van der Waals surface area (Å²) < 4.78 is 10.3. The molecule has 0 N–H and O–H groups in total. The topological polar surface area (TPSA) is 47.5 Å². The molecule has 1 aromatic rings. The molecule has 1 atom stereocenters. The Labute approximate surface area is 107 Å². The van der Waals surface area contributed by atoms with Crippen LogP contribution in [0.2, 0.25) is 0 Å². The monoisotopic (exact) mass is 259 g/mol. The SMILES string of the molecule is CCOc1ccnc(N(C)CC(Cl)COC)n1. The van der Waals surface area contributed by atoms with E-state index in [-0.39, 0.29) is 5.38 Å². The Balaban J connectivity index is 2.61. The zero-order chi connectivity index (χ0) is 12.7. The Bertz CT molecular complexity index is 338. The second kappa shape index (κ2) is 7.29. The van der Waals surface area contributed by atoms with Gasteiger partial charge in [-0.3, -0.25) is 0 Å². The molecule has 1 aromatic heterocycles. The number of halogens is 1. The van der Waals surface area contributed by atoms with Crippen LogP contribution >= 0.6 is 11.6 Å². The molecule has 1 heterocycles. The number of aromatic nitrogens is 2. The normalized spacial score (nSPS) is 12.2. The first-order chi connectivity index (χ1) is 8.17. The van der Waals surface area contributed by atoms with Gasteiger partial charge in [0.05, 0.1) is 18.6 Å². The molecule has 5 nitrogen and oxygen atoms in total. The molecule has 96 valence electrons. The zero-order valence-electron chi connectivity index (χ0n) is 10.4. The first-order valence-electron chi connectivity index (χ1n) is 5.47. The molecule has 0 radical (unpaired) electrons. The van der Waals surface area contributed by atoms with Crippen molar-refractivity contribution in [2.45, 2.75) is 12.3 Å². The molecule has 0 bridgehead atoms. The molecule has 0 amide bonds. The highest BCUT2D eigenvalue weighted by molar-refractivity contribution is 6.21. The van der Waals surface area contributed by atoms with Crippen molar-refractivity contribution in [3.05, 3.63) is 12.3 Å². The standard InChI is InChI=1S/C11H18ClN3O2/c1-4-17-10-5-6-13-11(14-10)15(2)7-9(12)8-16-3/h5-6,9H,4,7-8H2,1-3H3. The number of ether oxygens (including phenoxy) is 2. The lowest BCUT2D eigenvalue weighted by atomic mass is 10.4. The van der Waals surface area contributed by atoms with Gasteiger partial charge in [0.2, 0.25) is 11.8 Å². The minimum atomic E-state index is -0.0932. The first-order valence-corrected chi connectivity index (χ1v) is 5.91. The summed E-state index contributed by atoms with van der Waals surface area (Å²) in [6, 6.07) is 1.73. The highest BCUT2D eigenvalue weighted by Crippen LogP contribution is 2.12. The number of methoxy groups -OCH3 is 1. The zero-order valence-corrected chi connectivity index (χ0v) is 11.1. The van der Waals surface area contributed by atoms with E-state index in [4.69, 9.17) is 21.1 Å². The van der Waals surface area contributed by atoms with Gasteiger partial charge in [-0.15, -0.1) is 11.6 Å². The van der Waals surface area contributed by atoms with Gasteiger partial charge in [0.1, 0.15) is 0 Å². The number of hydrogen-bond acceptors (Lipinski definition) is 5. The molecular formula is C11H18ClN3O2. The lowest BCUT2D eigenvalue weighted by Gasteiger charge is -2.20. The Morgan fingerprint density at radius 3 is 2.94 bits per heavy atom. The third-order valence-electron chi connectivity index (χ3n) is 2.07. The second-order valence-electron chi connectivity index (χ2n) is 3.56. The van der Waals surface area contributed by atoms with Crippen molar-refractivity contribution in [1.29, 1.82) is 0 Å². The summed E-state index contributed by atoms with van der Waals surface area (Å²) in [5.41, 5.74) is 0. The molecular weight excluding hydrogens is 242 g/mol. The molecule has 0 aromatic carbocycles. The predicted molar refractivity (Wildman–Crippen MR) is 68.0 cm³/mol. The van der Waals surface area contributed by atoms with Gasteiger partial charge in [-0.25, -0.2) is 4.98 Å². The maximum absolute atomic E-state index is 6.07. The minimum Gasteiger partial charge on any atom is -0.478 e. The van der Waals surface area contributed by atoms with Gasteiger partial charge in [-0.2, -0.15) is 4.98 Å². The fourth-order valence-corrected chi connectivity index (χ4v) is 1.69. The smallest absolute Gasteiger partial charge is 0.228 e. The molecule has 1 unspecified atom stereocenters. The Morgan fingerprint density at radius 1 is 1.53 bits per heavy atom. The largest absolute Gasteiger partial charge is 0.478 e. The van der Waals surface area contributed by atoms with Gasteiger partial charge in [0, 0.05) is 33.0 Å². The number of hydrogen-bond donors (Lipinski definition) is 0. The Morgan fingerprint density at radius 2 is 2.29 bits per heavy atom. The van der Waals surface area contributed by atoms with E-state index in [0.717, 1.165) is 0 Å². The van der Waals surface area contributed by atoms with E-state index in [1.54, 1.807) is 19.4 Å². The average molecular weight is 260 g/mol. The van der Waals surface area contributed by atoms with Gasteiger partial charge in [-0.05, 0) is 6.92 Å². The molecule has 0 aliphatic heterocycles. The van der Waals surface area contributed by atoms with E-state index in [0.29, 0.717) is 31.6 Å². The van der Waals surface area contributed by atoms with Gasteiger partial charge < -0.3 is 14.4 Å². The third kappa shape index (κ3) is 4.75. The Kier molecular flexibility index (Phi) is 6.00. The molecule has 17 heavy (non-hydrogen) atoms. The van der Waals surface area contributed by atoms with E-state index >= 15 is 0 Å². The summed E-state index contributed by atoms with van der Waals surface area (Å²) >= 11 is 6.07. The molecule has 1 rings (SSSR count). The summed E-state index contributed by atoms with van der Waals surface area (Å²) in [7, 11) is 3.51. The minimum absolute atomic E-state index is 0.0932. The van der Waals surface area contributed by atoms with Crippen LogP contribution in [0.4, 0.5) is 5.95 Å². The van der Waals surface area contributed by atoms with Crippen molar-refractivity contribution in [3.63, 3.8) is 0 Å². The van der Waals surface area contributed by atoms with Crippen LogP contribution in [0.25, 0.3) is 0 Å². The molecule has 0 fully saturated rings. The maximum atomic E-state index is 6.07. The number of rotatable bonds is 7. The second-order valence-corrected chi connectivity index (χ2v) is 4.18. The molecule has 0 saturated carbocycles. The fraction of sp³-hybridized carbons (Fsp3) is 0.636. The quantitative estimate of drug-likeness (QED) is 0.696. The van der Waals surface area contributed by atoms with E-state index in [1.807, 2.05) is 18.9 Å². The van der Waals surface area contributed by atoms with Crippen LogP contribution in [0.5, 0.6) is 5.88 Å². The highest BCUT2D eigenvalue weighted by atomic mass is 35.5. The summed E-state index contributed by atoms with van der Waals surface area (Å²) in [6.07, 6.45) is 1.67. The van der Waals surface area contributed by atoms with E-state index in [2.05, 4.69) is 9.97 Å². The molecule has 0 saturated heterocycles. The first kappa shape index (κ1) is 14.0. The van der Waals surface area contributed by atoms with Crippen LogP contribution in [0.3, 0.4) is 0 Å². The molecule has 0 spiro atoms. The molecule has 0 aliphatic carbocycles. The van der Waals surface area contributed by atoms with Gasteiger partial charge in [0.15, 0.2) is 0 Å². The van der Waals surface area contributed by atoms with E-state index in [9.17, 15) is 0 Å². The number of alkyl halides is 1. The predicted octanol–water partition coefficient (Wildman–Crippen LogP) is 1.57. The molecule has 6 heteroatoms. The summed E-state index contributed by atoms with van der Waals surface area (Å²) in [5, 5.41) is -0.0932. The molecule has 0 aliphatic rings. The number of nitrogens with zero attached hydrogens (tertiary/aromatic N) is 3. The summed E-state index contributed by atoms with van der Waals surface area (Å²) in [5.74, 6) is 1.17. The van der Waals surface area contributed by atoms with Crippen molar-refractivity contribution in [3.8, 4) is 5.88 Å². The van der Waals surface area contributed by atoms with Crippen LogP contribution < -0.4 is 9.64 Å². The maximum Gasteiger partial charge on any atom is 0.228 e. The lowest BCUT2D eigenvalue weighted by molar-refractivity contribution is 0.199. The average Bonchev–Trinajstić information content (AvgIpc) is 2.30. The van der Waals surface area contributed by atoms with Crippen molar-refractivity contribution < 1.29 is 9.47 Å². The Hall–Kier alpha value is -1.07. The number of anilines is 1. The van der Waals surface area contributed by atoms with Gasteiger partial charge in [-0.1, -0.05) is 0 Å². The van der Waals surface area contributed by atoms with E-state index < -0.39 is 0 Å². The van der Waals surface area contributed by atoms with Gasteiger partial charge >= 0.3 is 0 Å². The van der Waals surface area contributed by atoms with E-state index in [1.165, 1.54) is 0 Å². The van der Waals surface area contributed by atoms with Crippen molar-refractivity contribution in [1.82, 2.24) is 9.97 Å². The summed E-state index contributed by atoms with van der Waals surface area (Å²) in [4.78, 5) is 10.3.